The van der Waals surface area contributed by atoms with Gasteiger partial charge >= 0.3 is 5.97 Å². The molecule has 0 saturated heterocycles. The third-order valence-corrected chi connectivity index (χ3v) is 4.97. The van der Waals surface area contributed by atoms with Gasteiger partial charge in [0.1, 0.15) is 0 Å². The highest BCUT2D eigenvalue weighted by Crippen LogP contribution is 2.26. The van der Waals surface area contributed by atoms with E-state index in [9.17, 15) is 4.79 Å². The van der Waals surface area contributed by atoms with E-state index in [1.54, 1.807) is 29.9 Å². The SMILES string of the molecule is CCOC(=O)c1cc2cnc(Nc3cccc4c3cnn4Cc3ccccc3)nn2c1. The van der Waals surface area contributed by atoms with Gasteiger partial charge in [-0.15, -0.1) is 5.10 Å². The zero-order chi connectivity index (χ0) is 21.2. The van der Waals surface area contributed by atoms with Crippen LogP contribution in [0.3, 0.4) is 0 Å². The Labute approximate surface area is 178 Å². The smallest absolute Gasteiger partial charge is 0.339 e. The Morgan fingerprint density at radius 1 is 1.10 bits per heavy atom. The van der Waals surface area contributed by atoms with Gasteiger partial charge in [-0.05, 0) is 30.7 Å². The first-order chi connectivity index (χ1) is 15.2. The van der Waals surface area contributed by atoms with Crippen LogP contribution in [0.1, 0.15) is 22.8 Å². The number of carbonyl (C=O) groups excluding carboxylic acids is 1. The van der Waals surface area contributed by atoms with Gasteiger partial charge in [0.2, 0.25) is 5.95 Å². The Bertz CT molecular complexity index is 1370. The minimum Gasteiger partial charge on any atom is -0.462 e. The molecule has 1 N–H and O–H groups in total. The van der Waals surface area contributed by atoms with E-state index in [1.807, 2.05) is 47.3 Å². The molecule has 3 heterocycles. The Morgan fingerprint density at radius 2 is 1.97 bits per heavy atom. The summed E-state index contributed by atoms with van der Waals surface area (Å²) < 4.78 is 8.63. The zero-order valence-electron chi connectivity index (χ0n) is 16.9. The van der Waals surface area contributed by atoms with Crippen LogP contribution in [-0.2, 0) is 11.3 Å². The number of ether oxygens (including phenoxy) is 1. The van der Waals surface area contributed by atoms with Crippen molar-refractivity contribution < 1.29 is 9.53 Å². The monoisotopic (exact) mass is 412 g/mol. The maximum Gasteiger partial charge on any atom is 0.339 e. The summed E-state index contributed by atoms with van der Waals surface area (Å²) in [6.07, 6.45) is 5.14. The van der Waals surface area contributed by atoms with E-state index < -0.39 is 0 Å². The number of benzene rings is 2. The predicted octanol–water partition coefficient (Wildman–Crippen LogP) is 4.05. The standard InChI is InChI=1S/C23H20N6O2/c1-2-31-22(30)17-11-18-12-24-23(27-28(18)15-17)26-20-9-6-10-21-19(20)13-25-29(21)14-16-7-4-3-5-8-16/h3-13,15H,2,14H2,1H3,(H,26,27). The van der Waals surface area contributed by atoms with E-state index >= 15 is 0 Å². The van der Waals surface area contributed by atoms with Gasteiger partial charge in [-0.2, -0.15) is 5.10 Å². The van der Waals surface area contributed by atoms with Crippen LogP contribution in [0.15, 0.2) is 73.2 Å². The van der Waals surface area contributed by atoms with Gasteiger partial charge in [-0.3, -0.25) is 4.68 Å². The van der Waals surface area contributed by atoms with Gasteiger partial charge in [-0.1, -0.05) is 36.4 Å². The number of carbonyl (C=O) groups is 1. The van der Waals surface area contributed by atoms with E-state index in [1.165, 1.54) is 5.56 Å². The van der Waals surface area contributed by atoms with E-state index in [4.69, 9.17) is 4.74 Å². The molecule has 0 aliphatic heterocycles. The first-order valence-corrected chi connectivity index (χ1v) is 9.99. The predicted molar refractivity (Wildman–Crippen MR) is 118 cm³/mol. The second-order valence-corrected chi connectivity index (χ2v) is 7.05. The normalized spacial score (nSPS) is 11.1. The summed E-state index contributed by atoms with van der Waals surface area (Å²) >= 11 is 0. The molecule has 0 atom stereocenters. The van der Waals surface area contributed by atoms with E-state index in [-0.39, 0.29) is 5.97 Å². The Morgan fingerprint density at radius 3 is 2.81 bits per heavy atom. The third-order valence-electron chi connectivity index (χ3n) is 4.97. The fourth-order valence-corrected chi connectivity index (χ4v) is 3.51. The van der Waals surface area contributed by atoms with Gasteiger partial charge in [0.25, 0.3) is 0 Å². The van der Waals surface area contributed by atoms with Crippen LogP contribution < -0.4 is 5.32 Å². The molecule has 3 aromatic heterocycles. The van der Waals surface area contributed by atoms with Crippen molar-refractivity contribution in [3.8, 4) is 0 Å². The summed E-state index contributed by atoms with van der Waals surface area (Å²) in [5, 5.41) is 13.3. The first kappa shape index (κ1) is 18.8. The summed E-state index contributed by atoms with van der Waals surface area (Å²) in [6, 6.07) is 17.9. The molecule has 8 nitrogen and oxygen atoms in total. The summed E-state index contributed by atoms with van der Waals surface area (Å²) in [5.74, 6) is 0.0416. The van der Waals surface area contributed by atoms with Crippen LogP contribution in [0.2, 0.25) is 0 Å². The number of hydrogen-bond acceptors (Lipinski definition) is 6. The summed E-state index contributed by atoms with van der Waals surface area (Å²) in [6.45, 7) is 2.79. The number of aromatic nitrogens is 5. The molecule has 5 rings (SSSR count). The topological polar surface area (TPSA) is 86.3 Å². The van der Waals surface area contributed by atoms with Crippen LogP contribution in [0.25, 0.3) is 16.4 Å². The number of nitrogens with one attached hydrogen (secondary N) is 1. The fraction of sp³-hybridized carbons (Fsp3) is 0.130. The molecule has 0 amide bonds. The molecular formula is C23H20N6O2. The lowest BCUT2D eigenvalue weighted by molar-refractivity contribution is 0.0526. The van der Waals surface area contributed by atoms with Crippen molar-refractivity contribution in [1.82, 2.24) is 24.4 Å². The highest BCUT2D eigenvalue weighted by Gasteiger charge is 2.12. The molecule has 0 radical (unpaired) electrons. The molecule has 8 heteroatoms. The highest BCUT2D eigenvalue weighted by molar-refractivity contribution is 5.93. The number of fused-ring (bicyclic) bond motifs is 2. The third kappa shape index (κ3) is 3.71. The minimum atomic E-state index is -0.377. The van der Waals surface area contributed by atoms with E-state index in [0.29, 0.717) is 30.2 Å². The highest BCUT2D eigenvalue weighted by atomic mass is 16.5. The van der Waals surface area contributed by atoms with E-state index in [0.717, 1.165) is 16.6 Å². The lowest BCUT2D eigenvalue weighted by Gasteiger charge is -2.08. The van der Waals surface area contributed by atoms with Crippen molar-refractivity contribution in [2.75, 3.05) is 11.9 Å². The molecule has 154 valence electrons. The van der Waals surface area contributed by atoms with Crippen molar-refractivity contribution in [2.24, 2.45) is 0 Å². The number of hydrogen-bond donors (Lipinski definition) is 1. The Kier molecular flexibility index (Phi) is 4.80. The zero-order valence-corrected chi connectivity index (χ0v) is 16.9. The first-order valence-electron chi connectivity index (χ1n) is 9.99. The average molecular weight is 412 g/mol. The van der Waals surface area contributed by atoms with Crippen LogP contribution in [0, 0.1) is 0 Å². The van der Waals surface area contributed by atoms with Crippen LogP contribution in [-0.4, -0.2) is 37.0 Å². The number of anilines is 2. The molecule has 2 aromatic carbocycles. The van der Waals surface area contributed by atoms with Crippen molar-refractivity contribution in [3.05, 3.63) is 84.3 Å². The molecule has 5 aromatic rings. The largest absolute Gasteiger partial charge is 0.462 e. The van der Waals surface area contributed by atoms with Crippen LogP contribution in [0.4, 0.5) is 11.6 Å². The van der Waals surface area contributed by atoms with Crippen LogP contribution >= 0.6 is 0 Å². The van der Waals surface area contributed by atoms with Gasteiger partial charge in [-0.25, -0.2) is 14.3 Å². The number of esters is 1. The van der Waals surface area contributed by atoms with E-state index in [2.05, 4.69) is 32.6 Å². The van der Waals surface area contributed by atoms with Gasteiger partial charge in [0, 0.05) is 11.6 Å². The molecule has 0 unspecified atom stereocenters. The quantitative estimate of drug-likeness (QED) is 0.424. The number of rotatable bonds is 6. The maximum absolute atomic E-state index is 12.0. The average Bonchev–Trinajstić information content (AvgIpc) is 3.39. The molecule has 0 aliphatic carbocycles. The lowest BCUT2D eigenvalue weighted by Crippen LogP contribution is -2.03. The van der Waals surface area contributed by atoms with Crippen molar-refractivity contribution in [2.45, 2.75) is 13.5 Å². The second kappa shape index (κ2) is 7.91. The summed E-state index contributed by atoms with van der Waals surface area (Å²) in [7, 11) is 0. The molecule has 0 spiro atoms. The molecule has 0 aliphatic rings. The Balaban J connectivity index is 1.43. The van der Waals surface area contributed by atoms with Gasteiger partial charge in [0.05, 0.1) is 47.8 Å². The summed E-state index contributed by atoms with van der Waals surface area (Å²) in [4.78, 5) is 16.3. The van der Waals surface area contributed by atoms with Crippen molar-refractivity contribution in [1.29, 1.82) is 0 Å². The molecule has 0 saturated carbocycles. The number of nitrogens with zero attached hydrogens (tertiary/aromatic N) is 5. The van der Waals surface area contributed by atoms with Crippen molar-refractivity contribution >= 4 is 34.0 Å². The van der Waals surface area contributed by atoms with Gasteiger partial charge in [0.15, 0.2) is 0 Å². The molecule has 31 heavy (non-hydrogen) atoms. The second-order valence-electron chi connectivity index (χ2n) is 7.05. The minimum absolute atomic E-state index is 0.325. The molecule has 0 bridgehead atoms. The fourth-order valence-electron chi connectivity index (χ4n) is 3.51. The van der Waals surface area contributed by atoms with Gasteiger partial charge < -0.3 is 10.1 Å². The molecular weight excluding hydrogens is 392 g/mol. The Hall–Kier alpha value is -4.20. The maximum atomic E-state index is 12.0. The van der Waals surface area contributed by atoms with Crippen LogP contribution in [0.5, 0.6) is 0 Å². The van der Waals surface area contributed by atoms with Crippen molar-refractivity contribution in [3.63, 3.8) is 0 Å². The summed E-state index contributed by atoms with van der Waals surface area (Å²) in [5.41, 5.74) is 4.21. The lowest BCUT2D eigenvalue weighted by atomic mass is 10.2. The molecule has 0 fully saturated rings.